The summed E-state index contributed by atoms with van der Waals surface area (Å²) in [5.74, 6) is 0.589. The van der Waals surface area contributed by atoms with Crippen molar-refractivity contribution in [1.82, 2.24) is 4.90 Å². The maximum Gasteiger partial charge on any atom is 0.298 e. The van der Waals surface area contributed by atoms with Gasteiger partial charge >= 0.3 is 0 Å². The molecule has 0 aliphatic rings. The first kappa shape index (κ1) is 10.7. The van der Waals surface area contributed by atoms with Crippen LogP contribution in [0.2, 0.25) is 0 Å². The Morgan fingerprint density at radius 2 is 2.14 bits per heavy atom. The van der Waals surface area contributed by atoms with Crippen LogP contribution in [0.5, 0.6) is 5.75 Å². The molecule has 0 saturated carbocycles. The normalized spacial score (nSPS) is 12.6. The monoisotopic (exact) mass is 193 g/mol. The average Bonchev–Trinajstić information content (AvgIpc) is 2.17. The van der Waals surface area contributed by atoms with E-state index < -0.39 is 0 Å². The Morgan fingerprint density at radius 1 is 1.43 bits per heavy atom. The summed E-state index contributed by atoms with van der Waals surface area (Å²) in [5, 5.41) is 0. The minimum Gasteiger partial charge on any atom is -0.429 e. The maximum absolute atomic E-state index is 10.2. The Labute approximate surface area is 84.3 Å². The number of benzene rings is 1. The molecule has 14 heavy (non-hydrogen) atoms. The number of carbonyl (C=O) groups excluding carboxylic acids is 1. The molecular formula is C11H15NO2. The maximum atomic E-state index is 10.2. The SMILES string of the molecule is C[C@@H](c1cccc(OC=O)c1)N(C)C. The van der Waals surface area contributed by atoms with Crippen LogP contribution in [-0.2, 0) is 4.79 Å². The van der Waals surface area contributed by atoms with Gasteiger partial charge in [0, 0.05) is 6.04 Å². The van der Waals surface area contributed by atoms with Gasteiger partial charge in [-0.3, -0.25) is 4.79 Å². The molecule has 0 fully saturated rings. The topological polar surface area (TPSA) is 29.5 Å². The zero-order chi connectivity index (χ0) is 10.6. The predicted octanol–water partition coefficient (Wildman–Crippen LogP) is 1.84. The lowest BCUT2D eigenvalue weighted by Crippen LogP contribution is -2.16. The second kappa shape index (κ2) is 4.77. The molecule has 0 bridgehead atoms. The first-order valence-electron chi connectivity index (χ1n) is 4.52. The minimum atomic E-state index is 0.310. The van der Waals surface area contributed by atoms with Crippen LogP contribution in [0.15, 0.2) is 24.3 Å². The van der Waals surface area contributed by atoms with E-state index >= 15 is 0 Å². The van der Waals surface area contributed by atoms with E-state index in [9.17, 15) is 4.79 Å². The Balaban J connectivity index is 2.87. The molecule has 0 radical (unpaired) electrons. The average molecular weight is 193 g/mol. The summed E-state index contributed by atoms with van der Waals surface area (Å²) in [7, 11) is 4.02. The Bertz CT molecular complexity index is 310. The molecule has 0 unspecified atom stereocenters. The fraction of sp³-hybridized carbons (Fsp3) is 0.364. The van der Waals surface area contributed by atoms with E-state index in [-0.39, 0.29) is 0 Å². The van der Waals surface area contributed by atoms with Crippen molar-refractivity contribution in [3.8, 4) is 5.75 Å². The summed E-state index contributed by atoms with van der Waals surface area (Å²) < 4.78 is 4.78. The fourth-order valence-corrected chi connectivity index (χ4v) is 1.20. The number of carbonyl (C=O) groups is 1. The van der Waals surface area contributed by atoms with Crippen molar-refractivity contribution in [2.75, 3.05) is 14.1 Å². The van der Waals surface area contributed by atoms with Crippen LogP contribution in [0.4, 0.5) is 0 Å². The van der Waals surface area contributed by atoms with Gasteiger partial charge in [-0.25, -0.2) is 0 Å². The van der Waals surface area contributed by atoms with Gasteiger partial charge in [0.05, 0.1) is 0 Å². The number of hydrogen-bond donors (Lipinski definition) is 0. The molecule has 0 spiro atoms. The molecule has 0 aromatic heterocycles. The van der Waals surface area contributed by atoms with Crippen LogP contribution in [0.25, 0.3) is 0 Å². The summed E-state index contributed by atoms with van der Waals surface area (Å²) in [5.41, 5.74) is 1.13. The van der Waals surface area contributed by atoms with Crippen molar-refractivity contribution in [2.24, 2.45) is 0 Å². The number of hydrogen-bond acceptors (Lipinski definition) is 3. The highest BCUT2D eigenvalue weighted by molar-refractivity contribution is 5.45. The number of rotatable bonds is 4. The van der Waals surface area contributed by atoms with Crippen molar-refractivity contribution < 1.29 is 9.53 Å². The van der Waals surface area contributed by atoms with Crippen LogP contribution >= 0.6 is 0 Å². The molecule has 0 heterocycles. The Morgan fingerprint density at radius 3 is 2.71 bits per heavy atom. The summed E-state index contributed by atoms with van der Waals surface area (Å²) in [6.07, 6.45) is 0. The van der Waals surface area contributed by atoms with Gasteiger partial charge in [0.2, 0.25) is 0 Å². The molecule has 76 valence electrons. The lowest BCUT2D eigenvalue weighted by Gasteiger charge is -2.20. The van der Waals surface area contributed by atoms with Crippen LogP contribution in [-0.4, -0.2) is 25.5 Å². The van der Waals surface area contributed by atoms with Crippen molar-refractivity contribution >= 4 is 6.47 Å². The van der Waals surface area contributed by atoms with Gasteiger partial charge in [-0.1, -0.05) is 12.1 Å². The van der Waals surface area contributed by atoms with Gasteiger partial charge in [-0.05, 0) is 38.7 Å². The molecule has 0 aliphatic carbocycles. The highest BCUT2D eigenvalue weighted by atomic mass is 16.5. The summed E-state index contributed by atoms with van der Waals surface area (Å²) >= 11 is 0. The van der Waals surface area contributed by atoms with Crippen molar-refractivity contribution in [1.29, 1.82) is 0 Å². The van der Waals surface area contributed by atoms with Gasteiger partial charge in [0.25, 0.3) is 6.47 Å². The lowest BCUT2D eigenvalue weighted by molar-refractivity contribution is -0.120. The second-order valence-electron chi connectivity index (χ2n) is 3.43. The third-order valence-electron chi connectivity index (χ3n) is 2.30. The van der Waals surface area contributed by atoms with Crippen molar-refractivity contribution in [3.05, 3.63) is 29.8 Å². The lowest BCUT2D eigenvalue weighted by atomic mass is 10.1. The third-order valence-corrected chi connectivity index (χ3v) is 2.30. The minimum absolute atomic E-state index is 0.310. The summed E-state index contributed by atoms with van der Waals surface area (Å²) in [6, 6.07) is 7.85. The van der Waals surface area contributed by atoms with Crippen molar-refractivity contribution in [3.63, 3.8) is 0 Å². The second-order valence-corrected chi connectivity index (χ2v) is 3.43. The standard InChI is InChI=1S/C11H15NO2/c1-9(12(2)3)10-5-4-6-11(7-10)14-8-13/h4-9H,1-3H3/t9-/m0/s1. The molecule has 0 N–H and O–H groups in total. The Hall–Kier alpha value is -1.35. The quantitative estimate of drug-likeness (QED) is 0.683. The first-order chi connectivity index (χ1) is 6.65. The van der Waals surface area contributed by atoms with E-state index in [0.29, 0.717) is 18.3 Å². The van der Waals surface area contributed by atoms with E-state index in [1.54, 1.807) is 6.07 Å². The highest BCUT2D eigenvalue weighted by Gasteiger charge is 2.07. The Kier molecular flexibility index (Phi) is 3.65. The summed E-state index contributed by atoms with van der Waals surface area (Å²) in [4.78, 5) is 12.3. The molecular weight excluding hydrogens is 178 g/mol. The number of nitrogens with zero attached hydrogens (tertiary/aromatic N) is 1. The van der Waals surface area contributed by atoms with E-state index in [1.165, 1.54) is 0 Å². The van der Waals surface area contributed by atoms with Gasteiger partial charge in [0.15, 0.2) is 0 Å². The van der Waals surface area contributed by atoms with Crippen LogP contribution in [0.1, 0.15) is 18.5 Å². The highest BCUT2D eigenvalue weighted by Crippen LogP contribution is 2.21. The number of ether oxygens (including phenoxy) is 1. The molecule has 0 saturated heterocycles. The fourth-order valence-electron chi connectivity index (χ4n) is 1.20. The largest absolute Gasteiger partial charge is 0.429 e. The molecule has 3 nitrogen and oxygen atoms in total. The molecule has 0 aliphatic heterocycles. The van der Waals surface area contributed by atoms with E-state index in [0.717, 1.165) is 5.56 Å². The zero-order valence-electron chi connectivity index (χ0n) is 8.73. The predicted molar refractivity (Wildman–Crippen MR) is 55.2 cm³/mol. The van der Waals surface area contributed by atoms with E-state index in [4.69, 9.17) is 4.74 Å². The van der Waals surface area contributed by atoms with Gasteiger partial charge in [-0.2, -0.15) is 0 Å². The first-order valence-corrected chi connectivity index (χ1v) is 4.52. The molecule has 1 rings (SSSR count). The van der Waals surface area contributed by atoms with E-state index in [1.807, 2.05) is 32.3 Å². The van der Waals surface area contributed by atoms with Gasteiger partial charge in [0.1, 0.15) is 5.75 Å². The van der Waals surface area contributed by atoms with Crippen LogP contribution < -0.4 is 4.74 Å². The van der Waals surface area contributed by atoms with Crippen LogP contribution in [0.3, 0.4) is 0 Å². The van der Waals surface area contributed by atoms with Crippen LogP contribution in [0, 0.1) is 0 Å². The smallest absolute Gasteiger partial charge is 0.298 e. The third kappa shape index (κ3) is 2.57. The van der Waals surface area contributed by atoms with Gasteiger partial charge < -0.3 is 9.64 Å². The molecule has 3 heteroatoms. The van der Waals surface area contributed by atoms with E-state index in [2.05, 4.69) is 11.8 Å². The molecule has 0 amide bonds. The van der Waals surface area contributed by atoms with Crippen molar-refractivity contribution in [2.45, 2.75) is 13.0 Å². The zero-order valence-corrected chi connectivity index (χ0v) is 8.73. The molecule has 1 atom stereocenters. The van der Waals surface area contributed by atoms with Gasteiger partial charge in [-0.15, -0.1) is 0 Å². The summed E-state index contributed by atoms with van der Waals surface area (Å²) in [6.45, 7) is 2.54. The molecule has 1 aromatic rings. The molecule has 1 aromatic carbocycles.